The number of nitrogens with one attached hydrogen (secondary N) is 1. The fraction of sp³-hybridized carbons (Fsp3) is 0.647. The van der Waals surface area contributed by atoms with Crippen molar-refractivity contribution in [3.8, 4) is 5.75 Å². The first kappa shape index (κ1) is 13.9. The van der Waals surface area contributed by atoms with Crippen molar-refractivity contribution in [2.24, 2.45) is 5.92 Å². The Balaban J connectivity index is 1.83. The molecular weight excluding hydrogens is 250 g/mol. The van der Waals surface area contributed by atoms with Crippen LogP contribution in [0.2, 0.25) is 0 Å². The van der Waals surface area contributed by atoms with Crippen LogP contribution in [0.3, 0.4) is 0 Å². The van der Waals surface area contributed by atoms with Crippen molar-refractivity contribution in [2.45, 2.75) is 45.3 Å². The second kappa shape index (κ2) is 6.15. The lowest BCUT2D eigenvalue weighted by Crippen LogP contribution is -2.29. The minimum Gasteiger partial charge on any atom is -0.493 e. The van der Waals surface area contributed by atoms with Crippen molar-refractivity contribution in [1.29, 1.82) is 0 Å². The lowest BCUT2D eigenvalue weighted by Gasteiger charge is -2.26. The molecule has 3 rings (SSSR count). The fourth-order valence-corrected chi connectivity index (χ4v) is 3.43. The molecule has 1 fully saturated rings. The summed E-state index contributed by atoms with van der Waals surface area (Å²) in [5.41, 5.74) is 2.75. The zero-order valence-electron chi connectivity index (χ0n) is 12.5. The van der Waals surface area contributed by atoms with E-state index in [1.807, 2.05) is 0 Å². The fourth-order valence-electron chi connectivity index (χ4n) is 3.43. The van der Waals surface area contributed by atoms with Crippen LogP contribution < -0.4 is 10.1 Å². The molecule has 20 heavy (non-hydrogen) atoms. The van der Waals surface area contributed by atoms with E-state index in [2.05, 4.69) is 37.4 Å². The molecule has 0 bridgehead atoms. The Morgan fingerprint density at radius 3 is 3.05 bits per heavy atom. The summed E-state index contributed by atoms with van der Waals surface area (Å²) < 4.78 is 11.5. The quantitative estimate of drug-likeness (QED) is 0.916. The smallest absolute Gasteiger partial charge is 0.122 e. The van der Waals surface area contributed by atoms with Crippen molar-refractivity contribution >= 4 is 0 Å². The molecule has 2 aliphatic heterocycles. The first-order chi connectivity index (χ1) is 9.78. The van der Waals surface area contributed by atoms with Crippen LogP contribution in [0.25, 0.3) is 0 Å². The standard InChI is InChI=1S/C17H25NO2/c1-3-18-17(15-9-12(2)20-11-15)14-6-7-16-13(10-14)5-4-8-19-16/h6-7,10,12,15,17-18H,3-5,8-9,11H2,1-2H3. The van der Waals surface area contributed by atoms with Crippen molar-refractivity contribution in [1.82, 2.24) is 5.32 Å². The maximum atomic E-state index is 5.76. The van der Waals surface area contributed by atoms with Gasteiger partial charge in [0.25, 0.3) is 0 Å². The number of ether oxygens (including phenoxy) is 2. The third-order valence-electron chi connectivity index (χ3n) is 4.42. The Morgan fingerprint density at radius 1 is 1.40 bits per heavy atom. The van der Waals surface area contributed by atoms with Gasteiger partial charge < -0.3 is 14.8 Å². The summed E-state index contributed by atoms with van der Waals surface area (Å²) >= 11 is 0. The number of hydrogen-bond acceptors (Lipinski definition) is 3. The van der Waals surface area contributed by atoms with Crippen molar-refractivity contribution in [3.05, 3.63) is 29.3 Å². The van der Waals surface area contributed by atoms with Crippen LogP contribution in [0.15, 0.2) is 18.2 Å². The first-order valence-corrected chi connectivity index (χ1v) is 7.88. The SMILES string of the molecule is CCNC(c1ccc2c(c1)CCCO2)C1COC(C)C1. The summed E-state index contributed by atoms with van der Waals surface area (Å²) in [5.74, 6) is 1.65. The van der Waals surface area contributed by atoms with E-state index >= 15 is 0 Å². The van der Waals surface area contributed by atoms with Gasteiger partial charge in [0.05, 0.1) is 19.3 Å². The Bertz CT molecular complexity index is 460. The Labute approximate surface area is 121 Å². The molecule has 0 aromatic heterocycles. The van der Waals surface area contributed by atoms with E-state index in [1.54, 1.807) is 0 Å². The lowest BCUT2D eigenvalue weighted by molar-refractivity contribution is 0.117. The van der Waals surface area contributed by atoms with Gasteiger partial charge in [0, 0.05) is 12.0 Å². The number of aryl methyl sites for hydroxylation is 1. The maximum absolute atomic E-state index is 5.76. The molecule has 1 aromatic rings. The number of fused-ring (bicyclic) bond motifs is 1. The van der Waals surface area contributed by atoms with Gasteiger partial charge in [-0.25, -0.2) is 0 Å². The van der Waals surface area contributed by atoms with E-state index in [4.69, 9.17) is 9.47 Å². The van der Waals surface area contributed by atoms with Gasteiger partial charge in [0.2, 0.25) is 0 Å². The van der Waals surface area contributed by atoms with Crippen LogP contribution >= 0.6 is 0 Å². The number of benzene rings is 1. The Kier molecular flexibility index (Phi) is 4.27. The molecule has 0 radical (unpaired) electrons. The average molecular weight is 275 g/mol. The summed E-state index contributed by atoms with van der Waals surface area (Å²) in [4.78, 5) is 0. The summed E-state index contributed by atoms with van der Waals surface area (Å²) in [6.45, 7) is 7.06. The molecule has 2 aliphatic rings. The third-order valence-corrected chi connectivity index (χ3v) is 4.42. The van der Waals surface area contributed by atoms with Crippen LogP contribution in [0.5, 0.6) is 5.75 Å². The van der Waals surface area contributed by atoms with Crippen molar-refractivity contribution in [3.63, 3.8) is 0 Å². The number of rotatable bonds is 4. The summed E-state index contributed by atoms with van der Waals surface area (Å²) in [6, 6.07) is 7.11. The van der Waals surface area contributed by atoms with Gasteiger partial charge >= 0.3 is 0 Å². The predicted molar refractivity (Wildman–Crippen MR) is 80.2 cm³/mol. The highest BCUT2D eigenvalue weighted by atomic mass is 16.5. The molecule has 3 nitrogen and oxygen atoms in total. The lowest BCUT2D eigenvalue weighted by atomic mass is 9.89. The van der Waals surface area contributed by atoms with Crippen LogP contribution in [-0.4, -0.2) is 25.9 Å². The van der Waals surface area contributed by atoms with E-state index < -0.39 is 0 Å². The van der Waals surface area contributed by atoms with E-state index in [9.17, 15) is 0 Å². The molecule has 2 heterocycles. The van der Waals surface area contributed by atoms with Crippen LogP contribution in [0, 0.1) is 5.92 Å². The summed E-state index contributed by atoms with van der Waals surface area (Å²) in [7, 11) is 0. The zero-order chi connectivity index (χ0) is 13.9. The van der Waals surface area contributed by atoms with E-state index in [0.29, 0.717) is 18.1 Å². The topological polar surface area (TPSA) is 30.5 Å². The average Bonchev–Trinajstić information content (AvgIpc) is 2.90. The van der Waals surface area contributed by atoms with Gasteiger partial charge in [-0.3, -0.25) is 0 Å². The Hall–Kier alpha value is -1.06. The predicted octanol–water partition coefficient (Wildman–Crippen LogP) is 3.09. The second-order valence-corrected chi connectivity index (χ2v) is 5.99. The largest absolute Gasteiger partial charge is 0.493 e. The molecule has 110 valence electrons. The van der Waals surface area contributed by atoms with Gasteiger partial charge in [0.1, 0.15) is 5.75 Å². The van der Waals surface area contributed by atoms with Gasteiger partial charge in [-0.2, -0.15) is 0 Å². The summed E-state index contributed by atoms with van der Waals surface area (Å²) in [5, 5.41) is 3.65. The number of hydrogen-bond donors (Lipinski definition) is 1. The highest BCUT2D eigenvalue weighted by molar-refractivity contribution is 5.39. The van der Waals surface area contributed by atoms with E-state index in [1.165, 1.54) is 11.1 Å². The molecule has 0 spiro atoms. The van der Waals surface area contributed by atoms with Crippen LogP contribution in [0.4, 0.5) is 0 Å². The van der Waals surface area contributed by atoms with Crippen molar-refractivity contribution in [2.75, 3.05) is 19.8 Å². The van der Waals surface area contributed by atoms with Gasteiger partial charge in [-0.05, 0) is 49.9 Å². The normalized spacial score (nSPS) is 26.9. The minimum absolute atomic E-state index is 0.391. The molecule has 3 atom stereocenters. The van der Waals surface area contributed by atoms with Crippen LogP contribution in [-0.2, 0) is 11.2 Å². The van der Waals surface area contributed by atoms with Gasteiger partial charge in [0.15, 0.2) is 0 Å². The first-order valence-electron chi connectivity index (χ1n) is 7.88. The molecule has 1 saturated heterocycles. The second-order valence-electron chi connectivity index (χ2n) is 5.99. The van der Waals surface area contributed by atoms with E-state index in [-0.39, 0.29) is 0 Å². The summed E-state index contributed by atoms with van der Waals surface area (Å²) in [6.07, 6.45) is 3.80. The Morgan fingerprint density at radius 2 is 2.30 bits per heavy atom. The van der Waals surface area contributed by atoms with E-state index in [0.717, 1.165) is 44.8 Å². The molecule has 0 amide bonds. The molecule has 0 saturated carbocycles. The monoisotopic (exact) mass is 275 g/mol. The molecule has 1 aromatic carbocycles. The van der Waals surface area contributed by atoms with Crippen molar-refractivity contribution < 1.29 is 9.47 Å². The minimum atomic E-state index is 0.391. The van der Waals surface area contributed by atoms with Gasteiger partial charge in [-0.15, -0.1) is 0 Å². The highest BCUT2D eigenvalue weighted by Gasteiger charge is 2.30. The van der Waals surface area contributed by atoms with Gasteiger partial charge in [-0.1, -0.05) is 19.1 Å². The maximum Gasteiger partial charge on any atom is 0.122 e. The molecule has 3 unspecified atom stereocenters. The van der Waals surface area contributed by atoms with Crippen LogP contribution in [0.1, 0.15) is 43.9 Å². The zero-order valence-corrected chi connectivity index (χ0v) is 12.5. The highest BCUT2D eigenvalue weighted by Crippen LogP contribution is 2.34. The molecule has 3 heteroatoms. The molecule has 0 aliphatic carbocycles. The third kappa shape index (κ3) is 2.84. The molecular formula is C17H25NO2. The molecule has 1 N–H and O–H groups in total.